The van der Waals surface area contributed by atoms with Gasteiger partial charge in [0.2, 0.25) is 5.16 Å². The van der Waals surface area contributed by atoms with Crippen LogP contribution in [0.2, 0.25) is 5.02 Å². The molecule has 12 heteroatoms. The number of rotatable bonds is 7. The summed E-state index contributed by atoms with van der Waals surface area (Å²) in [6.07, 6.45) is -5.69. The molecular formula is C14H14ClF3N4O3S. The molecule has 0 aliphatic carbocycles. The van der Waals surface area contributed by atoms with Gasteiger partial charge in [0.15, 0.2) is 12.4 Å². The van der Waals surface area contributed by atoms with Crippen LogP contribution in [0.3, 0.4) is 0 Å². The molecule has 1 heterocycles. The summed E-state index contributed by atoms with van der Waals surface area (Å²) < 4.78 is 45.0. The number of nitrogens with zero attached hydrogens (tertiary/aromatic N) is 2. The first-order valence-electron chi connectivity index (χ1n) is 7.15. The summed E-state index contributed by atoms with van der Waals surface area (Å²) >= 11 is 7.17. The molecule has 0 bridgehead atoms. The topological polar surface area (TPSA) is 89.1 Å². The number of methoxy groups -OCH3 is 1. The second-order valence-corrected chi connectivity index (χ2v) is 6.28. The van der Waals surface area contributed by atoms with Crippen LogP contribution < -0.4 is 10.1 Å². The summed E-state index contributed by atoms with van der Waals surface area (Å²) in [5.41, 5.74) is 0.633. The largest absolute Gasteiger partial charge is 0.496 e. The van der Waals surface area contributed by atoms with Crippen LogP contribution in [0.15, 0.2) is 23.4 Å². The highest BCUT2D eigenvalue weighted by Gasteiger charge is 2.29. The van der Waals surface area contributed by atoms with Crippen molar-refractivity contribution in [2.45, 2.75) is 11.3 Å². The van der Waals surface area contributed by atoms with Gasteiger partial charge in [-0.25, -0.2) is 9.78 Å². The van der Waals surface area contributed by atoms with E-state index in [-0.39, 0.29) is 6.54 Å². The summed E-state index contributed by atoms with van der Waals surface area (Å²) in [5, 5.41) is 9.88. The van der Waals surface area contributed by atoms with Gasteiger partial charge in [0, 0.05) is 17.3 Å². The van der Waals surface area contributed by atoms with E-state index in [1.807, 2.05) is 0 Å². The molecule has 0 spiro atoms. The number of aromatic nitrogens is 3. The maximum atomic E-state index is 11.9. The highest BCUT2D eigenvalue weighted by Crippen LogP contribution is 2.31. The number of ether oxygens (including phenoxy) is 2. The molecule has 1 amide bonds. The number of alkyl halides is 3. The van der Waals surface area contributed by atoms with E-state index in [4.69, 9.17) is 16.3 Å². The number of nitrogens with one attached hydrogen (secondary N) is 2. The molecule has 2 N–H and O–H groups in total. The molecule has 0 unspecified atom stereocenters. The van der Waals surface area contributed by atoms with E-state index in [1.54, 1.807) is 18.2 Å². The van der Waals surface area contributed by atoms with Crippen molar-refractivity contribution in [1.29, 1.82) is 0 Å². The fraction of sp³-hybridized carbons (Fsp3) is 0.357. The van der Waals surface area contributed by atoms with Crippen molar-refractivity contribution in [3.8, 4) is 17.1 Å². The number of benzene rings is 1. The summed E-state index contributed by atoms with van der Waals surface area (Å²) in [4.78, 5) is 15.4. The normalized spacial score (nSPS) is 11.3. The lowest BCUT2D eigenvalue weighted by Crippen LogP contribution is -2.30. The van der Waals surface area contributed by atoms with E-state index in [0.717, 1.165) is 0 Å². The monoisotopic (exact) mass is 410 g/mol. The lowest BCUT2D eigenvalue weighted by molar-refractivity contribution is -0.160. The van der Waals surface area contributed by atoms with Crippen LogP contribution in [0.1, 0.15) is 0 Å². The van der Waals surface area contributed by atoms with Gasteiger partial charge in [0.05, 0.1) is 12.7 Å². The molecule has 7 nitrogen and oxygen atoms in total. The fourth-order valence-corrected chi connectivity index (χ4v) is 2.62. The number of H-pyrrole nitrogens is 1. The lowest BCUT2D eigenvalue weighted by Gasteiger charge is -2.08. The molecule has 0 aliphatic heterocycles. The van der Waals surface area contributed by atoms with Crippen molar-refractivity contribution in [2.24, 2.45) is 0 Å². The first kappa shape index (κ1) is 20.2. The van der Waals surface area contributed by atoms with E-state index in [1.165, 1.54) is 18.9 Å². The zero-order valence-electron chi connectivity index (χ0n) is 13.4. The standard InChI is InChI=1S/C14H14ClF3N4O3S/c1-24-10-3-2-8(15)6-9(10)11-20-12(22-21-11)26-5-4-19-13(23)25-7-14(16,17)18/h2-3,6H,4-5,7H2,1H3,(H,19,23)(H,20,21,22). The van der Waals surface area contributed by atoms with Crippen LogP contribution in [-0.4, -0.2) is 53.5 Å². The van der Waals surface area contributed by atoms with Crippen molar-refractivity contribution in [2.75, 3.05) is 26.0 Å². The predicted octanol–water partition coefficient (Wildman–Crippen LogP) is 3.51. The second-order valence-electron chi connectivity index (χ2n) is 4.78. The number of amides is 1. The van der Waals surface area contributed by atoms with Crippen molar-refractivity contribution in [3.63, 3.8) is 0 Å². The van der Waals surface area contributed by atoms with Crippen LogP contribution in [0.4, 0.5) is 18.0 Å². The Bertz CT molecular complexity index is 757. The molecule has 1 aromatic carbocycles. The minimum absolute atomic E-state index is 0.0890. The Balaban J connectivity index is 1.82. The average Bonchev–Trinajstić information content (AvgIpc) is 3.05. The first-order chi connectivity index (χ1) is 12.3. The van der Waals surface area contributed by atoms with Gasteiger partial charge in [-0.1, -0.05) is 23.4 Å². The molecule has 26 heavy (non-hydrogen) atoms. The summed E-state index contributed by atoms with van der Waals surface area (Å²) in [7, 11) is 1.52. The third-order valence-electron chi connectivity index (χ3n) is 2.85. The Morgan fingerprint density at radius 3 is 2.88 bits per heavy atom. The molecule has 2 aromatic rings. The third kappa shape index (κ3) is 6.30. The summed E-state index contributed by atoms with van der Waals surface area (Å²) in [6.45, 7) is -1.54. The molecule has 0 saturated carbocycles. The number of thioether (sulfide) groups is 1. The molecule has 0 aliphatic rings. The Labute approximate surface area is 155 Å². The number of carbonyl (C=O) groups is 1. The van der Waals surface area contributed by atoms with E-state index in [2.05, 4.69) is 25.2 Å². The minimum Gasteiger partial charge on any atom is -0.496 e. The van der Waals surface area contributed by atoms with Crippen molar-refractivity contribution >= 4 is 29.5 Å². The Morgan fingerprint density at radius 2 is 2.19 bits per heavy atom. The van der Waals surface area contributed by atoms with Crippen LogP contribution in [0.5, 0.6) is 5.75 Å². The van der Waals surface area contributed by atoms with Gasteiger partial charge in [0.1, 0.15) is 5.75 Å². The lowest BCUT2D eigenvalue weighted by atomic mass is 10.2. The maximum absolute atomic E-state index is 11.9. The van der Waals surface area contributed by atoms with Gasteiger partial charge in [-0.2, -0.15) is 13.2 Å². The molecule has 142 valence electrons. The zero-order valence-corrected chi connectivity index (χ0v) is 15.0. The summed E-state index contributed by atoms with van der Waals surface area (Å²) in [5.74, 6) is 1.35. The van der Waals surface area contributed by atoms with Crippen LogP contribution in [0.25, 0.3) is 11.4 Å². The molecule has 1 aromatic heterocycles. The number of hydrogen-bond donors (Lipinski definition) is 2. The zero-order chi connectivity index (χ0) is 19.2. The fourth-order valence-electron chi connectivity index (χ4n) is 1.79. The molecule has 2 rings (SSSR count). The molecular weight excluding hydrogens is 397 g/mol. The van der Waals surface area contributed by atoms with E-state index >= 15 is 0 Å². The van der Waals surface area contributed by atoms with Crippen molar-refractivity contribution < 1.29 is 27.4 Å². The number of halogens is 4. The number of carbonyl (C=O) groups excluding carboxylic acids is 1. The highest BCUT2D eigenvalue weighted by molar-refractivity contribution is 7.99. The Hall–Kier alpha value is -2.14. The van der Waals surface area contributed by atoms with Gasteiger partial charge in [-0.15, -0.1) is 5.10 Å². The van der Waals surface area contributed by atoms with Crippen LogP contribution >= 0.6 is 23.4 Å². The van der Waals surface area contributed by atoms with Gasteiger partial charge < -0.3 is 14.8 Å². The van der Waals surface area contributed by atoms with E-state index < -0.39 is 18.9 Å². The Kier molecular flexibility index (Phi) is 6.98. The maximum Gasteiger partial charge on any atom is 0.422 e. The van der Waals surface area contributed by atoms with Crippen molar-refractivity contribution in [1.82, 2.24) is 20.5 Å². The quantitative estimate of drug-likeness (QED) is 0.536. The van der Waals surface area contributed by atoms with Crippen molar-refractivity contribution in [3.05, 3.63) is 23.2 Å². The molecule has 0 atom stereocenters. The number of hydrogen-bond acceptors (Lipinski definition) is 6. The van der Waals surface area contributed by atoms with Crippen LogP contribution in [-0.2, 0) is 4.74 Å². The number of alkyl carbamates (subject to hydrolysis) is 1. The molecule has 0 fully saturated rings. The second kappa shape index (κ2) is 8.99. The smallest absolute Gasteiger partial charge is 0.422 e. The van der Waals surface area contributed by atoms with Crippen LogP contribution in [0, 0.1) is 0 Å². The molecule has 0 radical (unpaired) electrons. The third-order valence-corrected chi connectivity index (χ3v) is 3.94. The SMILES string of the molecule is COc1ccc(Cl)cc1-c1nc(SCCNC(=O)OCC(F)(F)F)n[nH]1. The van der Waals surface area contributed by atoms with Gasteiger partial charge in [-0.3, -0.25) is 5.10 Å². The number of aromatic amines is 1. The van der Waals surface area contributed by atoms with Gasteiger partial charge in [-0.05, 0) is 18.2 Å². The predicted molar refractivity (Wildman–Crippen MR) is 89.5 cm³/mol. The highest BCUT2D eigenvalue weighted by atomic mass is 35.5. The Morgan fingerprint density at radius 1 is 1.42 bits per heavy atom. The van der Waals surface area contributed by atoms with Gasteiger partial charge >= 0.3 is 12.3 Å². The summed E-state index contributed by atoms with van der Waals surface area (Å²) in [6, 6.07) is 5.05. The van der Waals surface area contributed by atoms with E-state index in [9.17, 15) is 18.0 Å². The first-order valence-corrected chi connectivity index (χ1v) is 8.51. The minimum atomic E-state index is -4.55. The average molecular weight is 411 g/mol. The van der Waals surface area contributed by atoms with Gasteiger partial charge in [0.25, 0.3) is 0 Å². The van der Waals surface area contributed by atoms with E-state index in [0.29, 0.717) is 33.1 Å². The molecule has 0 saturated heterocycles.